The lowest BCUT2D eigenvalue weighted by Crippen LogP contribution is -2.63. The number of nitrogens with zero attached hydrogens (tertiary/aromatic N) is 2. The molecule has 4 aromatic rings. The van der Waals surface area contributed by atoms with Gasteiger partial charge in [0, 0.05) is 29.6 Å². The van der Waals surface area contributed by atoms with E-state index in [4.69, 9.17) is 18.9 Å². The number of fused-ring (bicyclic) bond motifs is 4. The minimum absolute atomic E-state index is 0.0158. The van der Waals surface area contributed by atoms with Crippen LogP contribution in [0, 0.1) is 0 Å². The number of benzene rings is 3. The lowest BCUT2D eigenvalue weighted by Gasteiger charge is -2.47. The molecule has 0 aliphatic carbocycles. The highest BCUT2D eigenvalue weighted by Crippen LogP contribution is 2.44. The van der Waals surface area contributed by atoms with Crippen molar-refractivity contribution < 1.29 is 28.5 Å². The third-order valence-electron chi connectivity index (χ3n) is 8.18. The van der Waals surface area contributed by atoms with E-state index in [9.17, 15) is 9.59 Å². The predicted molar refractivity (Wildman–Crippen MR) is 154 cm³/mol. The molecule has 2 aliphatic heterocycles. The molecule has 212 valence electrons. The summed E-state index contributed by atoms with van der Waals surface area (Å²) in [6, 6.07) is 18.4. The zero-order valence-corrected chi connectivity index (χ0v) is 23.6. The van der Waals surface area contributed by atoms with Gasteiger partial charge in [-0.15, -0.1) is 0 Å². The summed E-state index contributed by atoms with van der Waals surface area (Å²) in [6.45, 7) is 0.439. The monoisotopic (exact) mass is 555 g/mol. The van der Waals surface area contributed by atoms with E-state index < -0.39 is 12.1 Å². The molecule has 2 amide bonds. The second-order valence-electron chi connectivity index (χ2n) is 10.3. The molecule has 2 aliphatic rings. The summed E-state index contributed by atoms with van der Waals surface area (Å²) >= 11 is 0. The summed E-state index contributed by atoms with van der Waals surface area (Å²) in [7, 11) is 6.37. The quantitative estimate of drug-likeness (QED) is 0.352. The molecule has 2 unspecified atom stereocenters. The molecule has 1 aromatic heterocycles. The second kappa shape index (κ2) is 10.7. The normalized spacial score (nSPS) is 18.2. The fourth-order valence-corrected chi connectivity index (χ4v) is 6.18. The van der Waals surface area contributed by atoms with Crippen molar-refractivity contribution in [1.82, 2.24) is 14.8 Å². The van der Waals surface area contributed by atoms with E-state index in [1.807, 2.05) is 54.6 Å². The van der Waals surface area contributed by atoms with Crippen LogP contribution in [0.2, 0.25) is 0 Å². The third kappa shape index (κ3) is 4.51. The topological polar surface area (TPSA) is 93.3 Å². The maximum absolute atomic E-state index is 14.1. The van der Waals surface area contributed by atoms with Crippen LogP contribution in [0.5, 0.6) is 23.0 Å². The van der Waals surface area contributed by atoms with Gasteiger partial charge in [0.2, 0.25) is 11.8 Å². The number of rotatable bonds is 8. The maximum atomic E-state index is 14.1. The third-order valence-corrected chi connectivity index (χ3v) is 8.18. The van der Waals surface area contributed by atoms with E-state index in [-0.39, 0.29) is 18.4 Å². The maximum Gasteiger partial charge on any atom is 0.246 e. The Morgan fingerprint density at radius 3 is 2.24 bits per heavy atom. The molecule has 0 saturated carbocycles. The summed E-state index contributed by atoms with van der Waals surface area (Å²) in [5.74, 6) is 2.31. The highest BCUT2D eigenvalue weighted by Gasteiger charge is 2.48. The van der Waals surface area contributed by atoms with Crippen molar-refractivity contribution in [1.29, 1.82) is 0 Å². The smallest absolute Gasteiger partial charge is 0.246 e. The lowest BCUT2D eigenvalue weighted by atomic mass is 9.86. The number of piperazine rings is 1. The number of hydrogen-bond acceptors (Lipinski definition) is 6. The zero-order chi connectivity index (χ0) is 28.7. The Morgan fingerprint density at radius 1 is 0.829 bits per heavy atom. The van der Waals surface area contributed by atoms with Crippen LogP contribution in [-0.4, -0.2) is 74.2 Å². The van der Waals surface area contributed by atoms with Gasteiger partial charge in [-0.2, -0.15) is 0 Å². The molecule has 1 fully saturated rings. The van der Waals surface area contributed by atoms with Crippen molar-refractivity contribution in [2.45, 2.75) is 24.9 Å². The number of para-hydroxylation sites is 1. The molecule has 9 nitrogen and oxygen atoms in total. The fourth-order valence-electron chi connectivity index (χ4n) is 6.18. The molecule has 3 heterocycles. The van der Waals surface area contributed by atoms with Crippen molar-refractivity contribution >= 4 is 22.7 Å². The van der Waals surface area contributed by atoms with Gasteiger partial charge in [0.25, 0.3) is 0 Å². The number of amides is 2. The zero-order valence-electron chi connectivity index (χ0n) is 23.6. The Bertz CT molecular complexity index is 1630. The molecule has 0 radical (unpaired) electrons. The highest BCUT2D eigenvalue weighted by molar-refractivity contribution is 5.97. The van der Waals surface area contributed by atoms with Crippen molar-refractivity contribution in [3.05, 3.63) is 83.0 Å². The molecular formula is C32H33N3O6. The van der Waals surface area contributed by atoms with E-state index in [2.05, 4.69) is 11.1 Å². The van der Waals surface area contributed by atoms with Crippen molar-refractivity contribution in [2.75, 3.05) is 41.5 Å². The summed E-state index contributed by atoms with van der Waals surface area (Å²) < 4.78 is 21.8. The van der Waals surface area contributed by atoms with Crippen LogP contribution in [0.25, 0.3) is 10.9 Å². The average molecular weight is 556 g/mol. The number of methoxy groups -OCH3 is 4. The second-order valence-corrected chi connectivity index (χ2v) is 10.3. The number of nitrogens with one attached hydrogen (secondary N) is 1. The van der Waals surface area contributed by atoms with Gasteiger partial charge in [0.05, 0.1) is 41.0 Å². The Balaban J connectivity index is 1.36. The van der Waals surface area contributed by atoms with Crippen LogP contribution in [0.3, 0.4) is 0 Å². The molecule has 0 bridgehead atoms. The van der Waals surface area contributed by atoms with Crippen LogP contribution < -0.4 is 18.9 Å². The summed E-state index contributed by atoms with van der Waals surface area (Å²) in [4.78, 5) is 35.0. The fraction of sp³-hybridized carbons (Fsp3) is 0.312. The number of H-pyrrole nitrogens is 1. The van der Waals surface area contributed by atoms with E-state index in [0.717, 1.165) is 33.3 Å². The molecule has 2 atom stereocenters. The van der Waals surface area contributed by atoms with Crippen molar-refractivity contribution in [3.8, 4) is 23.0 Å². The Morgan fingerprint density at radius 2 is 1.51 bits per heavy atom. The van der Waals surface area contributed by atoms with E-state index in [1.165, 1.54) is 0 Å². The Labute approximate surface area is 238 Å². The van der Waals surface area contributed by atoms with E-state index >= 15 is 0 Å². The minimum atomic E-state index is -0.619. The van der Waals surface area contributed by atoms with E-state index in [0.29, 0.717) is 42.4 Å². The molecule has 1 saturated heterocycles. The SMILES string of the molecule is COc1ccc(CCN2CC(=O)N3C(Cc4c([nH]c5ccccc45)C3c3ccc(OC)c(OC)c3)C2=O)cc1OC. The van der Waals surface area contributed by atoms with Crippen molar-refractivity contribution in [2.24, 2.45) is 0 Å². The molecule has 9 heteroatoms. The number of ether oxygens (including phenoxy) is 4. The lowest BCUT2D eigenvalue weighted by molar-refractivity contribution is -0.158. The first-order chi connectivity index (χ1) is 20.0. The van der Waals surface area contributed by atoms with Gasteiger partial charge in [-0.1, -0.05) is 30.3 Å². The van der Waals surface area contributed by atoms with Gasteiger partial charge in [-0.25, -0.2) is 0 Å². The van der Waals surface area contributed by atoms with Gasteiger partial charge in [-0.05, 0) is 53.4 Å². The molecule has 6 rings (SSSR count). The first-order valence-corrected chi connectivity index (χ1v) is 13.6. The number of hydrogen-bond donors (Lipinski definition) is 1. The summed E-state index contributed by atoms with van der Waals surface area (Å²) in [6.07, 6.45) is 1.03. The van der Waals surface area contributed by atoms with Crippen LogP contribution >= 0.6 is 0 Å². The summed E-state index contributed by atoms with van der Waals surface area (Å²) in [5.41, 5.74) is 4.81. The van der Waals surface area contributed by atoms with Gasteiger partial charge in [0.1, 0.15) is 6.04 Å². The largest absolute Gasteiger partial charge is 0.493 e. The molecule has 3 aromatic carbocycles. The van der Waals surface area contributed by atoms with Gasteiger partial charge in [-0.3, -0.25) is 9.59 Å². The first kappa shape index (κ1) is 26.6. The van der Waals surface area contributed by atoms with Crippen LogP contribution in [0.4, 0.5) is 0 Å². The number of carbonyl (C=O) groups is 2. The number of aromatic nitrogens is 1. The molecule has 41 heavy (non-hydrogen) atoms. The van der Waals surface area contributed by atoms with Crippen LogP contribution in [-0.2, 0) is 22.4 Å². The standard InChI is InChI=1S/C32H33N3O6/c1-38-25-11-9-19(15-27(25)40-3)13-14-34-18-29(36)35-24(32(34)37)17-22-21-7-5-6-8-23(21)33-30(22)31(35)20-10-12-26(39-2)28(16-20)41-4/h5-12,15-16,24,31,33H,13-14,17-18H2,1-4H3. The molecule has 0 spiro atoms. The Hall–Kier alpha value is -4.66. The van der Waals surface area contributed by atoms with Crippen LogP contribution in [0.1, 0.15) is 28.4 Å². The predicted octanol–water partition coefficient (Wildman–Crippen LogP) is 4.13. The van der Waals surface area contributed by atoms with E-state index in [1.54, 1.807) is 38.2 Å². The van der Waals surface area contributed by atoms with Crippen molar-refractivity contribution in [3.63, 3.8) is 0 Å². The molecular weight excluding hydrogens is 522 g/mol. The van der Waals surface area contributed by atoms with Gasteiger partial charge < -0.3 is 33.7 Å². The minimum Gasteiger partial charge on any atom is -0.493 e. The Kier molecular flexibility index (Phi) is 6.95. The van der Waals surface area contributed by atoms with Gasteiger partial charge in [0.15, 0.2) is 23.0 Å². The van der Waals surface area contributed by atoms with Crippen LogP contribution in [0.15, 0.2) is 60.7 Å². The van der Waals surface area contributed by atoms with Gasteiger partial charge >= 0.3 is 0 Å². The molecule has 1 N–H and O–H groups in total. The number of carbonyl (C=O) groups excluding carboxylic acids is 2. The first-order valence-electron chi connectivity index (χ1n) is 13.6. The average Bonchev–Trinajstić information content (AvgIpc) is 3.38. The summed E-state index contributed by atoms with van der Waals surface area (Å²) in [5, 5.41) is 1.07. The highest BCUT2D eigenvalue weighted by atomic mass is 16.5. The number of aromatic amines is 1.